The van der Waals surface area contributed by atoms with Gasteiger partial charge in [0.1, 0.15) is 0 Å². The molecule has 0 aliphatic carbocycles. The third-order valence-corrected chi connectivity index (χ3v) is 14.4. The van der Waals surface area contributed by atoms with Gasteiger partial charge in [0.05, 0.1) is 5.14 Å². The van der Waals surface area contributed by atoms with Gasteiger partial charge in [0.15, 0.2) is 0 Å². The first-order chi connectivity index (χ1) is 2.39. The topological polar surface area (TPSA) is 0 Å². The average Bonchev–Trinajstić information content (AvgIpc) is 2.11. The van der Waals surface area contributed by atoms with Crippen LogP contribution in [0.1, 0.15) is 0 Å². The van der Waals surface area contributed by atoms with E-state index in [9.17, 15) is 0 Å². The maximum atomic E-state index is 3.97. The van der Waals surface area contributed by atoms with Gasteiger partial charge in [0.2, 0.25) is 0 Å². The van der Waals surface area contributed by atoms with Crippen LogP contribution < -0.4 is 0 Å². The molecule has 2 aliphatic rings. The summed E-state index contributed by atoms with van der Waals surface area (Å²) in [6.45, 7) is 1.13. The summed E-state index contributed by atoms with van der Waals surface area (Å²) in [5, 5.41) is 1.21. The van der Waals surface area contributed by atoms with E-state index >= 15 is 0 Å². The summed E-state index contributed by atoms with van der Waals surface area (Å²) in [4.78, 5) is 0. The molecule has 0 spiro atoms. The standard InChI is InChI=1S/C2H3P3/c1-4-2-3-5(2)4/h2H,1H2. The second kappa shape index (κ2) is 0.584. The molecule has 0 bridgehead atoms. The molecule has 2 rings (SSSR count). The molecular weight excluding hydrogens is 117 g/mol. The largest absolute Gasteiger partial charge is 0.0916 e. The van der Waals surface area contributed by atoms with Gasteiger partial charge in [-0.15, -0.1) is 0 Å². The second-order valence-corrected chi connectivity index (χ2v) is 11.5. The van der Waals surface area contributed by atoms with E-state index in [1.807, 2.05) is 0 Å². The van der Waals surface area contributed by atoms with Crippen LogP contribution >= 0.6 is 21.2 Å². The average molecular weight is 120 g/mol. The van der Waals surface area contributed by atoms with Crippen LogP contribution in [0.5, 0.6) is 0 Å². The molecular formula is C2H3P3. The van der Waals surface area contributed by atoms with Crippen molar-refractivity contribution in [3.05, 3.63) is 0 Å². The van der Waals surface area contributed by atoms with E-state index in [-0.39, 0.29) is 0 Å². The normalized spacial score (nSPS) is 57.2. The minimum absolute atomic E-state index is 0.468. The van der Waals surface area contributed by atoms with Crippen LogP contribution in [-0.4, -0.2) is 11.4 Å². The van der Waals surface area contributed by atoms with Crippen LogP contribution in [0, 0.1) is 0 Å². The van der Waals surface area contributed by atoms with Crippen molar-refractivity contribution in [2.24, 2.45) is 0 Å². The highest BCUT2D eigenvalue weighted by atomic mass is 32.1. The fourth-order valence-electron chi connectivity index (χ4n) is 0.340. The van der Waals surface area contributed by atoms with Gasteiger partial charge >= 0.3 is 0 Å². The fraction of sp³-hybridized carbons (Fsp3) is 0.500. The molecule has 3 atom stereocenters. The molecule has 3 heteroatoms. The van der Waals surface area contributed by atoms with Crippen LogP contribution in [0.3, 0.4) is 0 Å². The Hall–Kier alpha value is 0.770. The Bertz CT molecular complexity index is 193. The third kappa shape index (κ3) is 0.224. The van der Waals surface area contributed by atoms with E-state index in [1.54, 1.807) is 7.87 Å². The molecule has 0 saturated heterocycles. The van der Waals surface area contributed by atoms with E-state index in [0.29, 0.717) is 13.3 Å². The maximum absolute atomic E-state index is 3.97. The van der Waals surface area contributed by atoms with E-state index in [1.165, 1.54) is 5.14 Å². The van der Waals surface area contributed by atoms with Gasteiger partial charge in [-0.3, -0.25) is 0 Å². The lowest BCUT2D eigenvalue weighted by atomic mass is 11.9. The Labute approximate surface area is 33.4 Å². The molecule has 0 aromatic rings. The molecule has 0 aromatic carbocycles. The molecule has 26 valence electrons. The predicted octanol–water partition coefficient (Wildman–Crippen LogP) is 2.47. The van der Waals surface area contributed by atoms with Crippen LogP contribution in [0.2, 0.25) is 0 Å². The van der Waals surface area contributed by atoms with Gasteiger partial charge in [-0.05, 0) is 0 Å². The smallest absolute Gasteiger partial charge is 0.0852 e. The second-order valence-electron chi connectivity index (χ2n) is 1.22. The zero-order chi connectivity index (χ0) is 3.44. The van der Waals surface area contributed by atoms with E-state index < -0.39 is 0 Å². The summed E-state index contributed by atoms with van der Waals surface area (Å²) < 4.78 is 0. The molecule has 2 aliphatic heterocycles. The Morgan fingerprint density at radius 1 is 1.80 bits per heavy atom. The highest BCUT2D eigenvalue weighted by Crippen LogP contribution is 2.87. The number of hydrogen-bond donors (Lipinski definition) is 0. The van der Waals surface area contributed by atoms with Crippen molar-refractivity contribution in [2.75, 3.05) is 0 Å². The summed E-state index contributed by atoms with van der Waals surface area (Å²) in [6, 6.07) is 0. The van der Waals surface area contributed by atoms with Crippen molar-refractivity contribution < 1.29 is 0 Å². The van der Waals surface area contributed by atoms with Gasteiger partial charge in [0.25, 0.3) is 0 Å². The van der Waals surface area contributed by atoms with E-state index in [0.717, 1.165) is 0 Å². The predicted molar refractivity (Wildman–Crippen MR) is 31.7 cm³/mol. The number of hydrogen-bond acceptors (Lipinski definition) is 0. The van der Waals surface area contributed by atoms with Crippen LogP contribution in [0.25, 0.3) is 0 Å². The minimum Gasteiger partial charge on any atom is -0.0852 e. The molecule has 0 radical (unpaired) electrons. The van der Waals surface area contributed by atoms with Crippen molar-refractivity contribution in [1.29, 1.82) is 0 Å². The highest BCUT2D eigenvalue weighted by molar-refractivity contribution is 8.47. The minimum atomic E-state index is 0.468. The van der Waals surface area contributed by atoms with Crippen molar-refractivity contribution >= 4 is 27.5 Å². The van der Waals surface area contributed by atoms with Gasteiger partial charge in [-0.2, -0.15) is 0 Å². The molecule has 0 N–H and O–H groups in total. The molecule has 3 unspecified atom stereocenters. The monoisotopic (exact) mass is 120 g/mol. The van der Waals surface area contributed by atoms with Crippen LogP contribution in [0.15, 0.2) is 0 Å². The number of fused-ring (bicyclic) bond motifs is 1. The zero-order valence-corrected chi connectivity index (χ0v) is 5.31. The molecule has 0 aromatic heterocycles. The van der Waals surface area contributed by atoms with Gasteiger partial charge in [0, 0.05) is 0 Å². The fourth-order valence-corrected chi connectivity index (χ4v) is 11.7. The first kappa shape index (κ1) is 2.86. The highest BCUT2D eigenvalue weighted by Gasteiger charge is 2.32. The first-order valence-electron chi connectivity index (χ1n) is 1.49. The summed E-state index contributed by atoms with van der Waals surface area (Å²) >= 11 is 0. The summed E-state index contributed by atoms with van der Waals surface area (Å²) in [5.41, 5.74) is 0. The lowest BCUT2D eigenvalue weighted by Gasteiger charge is -1.52. The summed E-state index contributed by atoms with van der Waals surface area (Å²) in [7, 11) is 1.79. The Morgan fingerprint density at radius 3 is 2.20 bits per heavy atom. The van der Waals surface area contributed by atoms with E-state index in [2.05, 4.69) is 6.30 Å². The summed E-state index contributed by atoms with van der Waals surface area (Å²) in [5.74, 6) is 0. The van der Waals surface area contributed by atoms with Crippen molar-refractivity contribution in [3.8, 4) is 0 Å². The Balaban J connectivity index is 3.35. The lowest BCUT2D eigenvalue weighted by molar-refractivity contribution is 2.19. The van der Waals surface area contributed by atoms with Gasteiger partial charge < -0.3 is 0 Å². The van der Waals surface area contributed by atoms with Crippen molar-refractivity contribution in [1.82, 2.24) is 0 Å². The summed E-state index contributed by atoms with van der Waals surface area (Å²) in [6.07, 6.45) is 3.97. The lowest BCUT2D eigenvalue weighted by Crippen LogP contribution is -1.30. The molecule has 0 fully saturated rings. The maximum Gasteiger partial charge on any atom is 0.0916 e. The van der Waals surface area contributed by atoms with Crippen LogP contribution in [-0.2, 0) is 0 Å². The Kier molecular flexibility index (Phi) is 0.335. The zero-order valence-electron chi connectivity index (χ0n) is 2.63. The molecule has 0 nitrogen and oxygen atoms in total. The molecule has 0 amide bonds. The van der Waals surface area contributed by atoms with Crippen molar-refractivity contribution in [3.63, 3.8) is 0 Å². The van der Waals surface area contributed by atoms with Crippen LogP contribution in [0.4, 0.5) is 0 Å². The quantitative estimate of drug-likeness (QED) is 0.430. The third-order valence-electron chi connectivity index (χ3n) is 0.849. The Morgan fingerprint density at radius 2 is 2.20 bits per heavy atom. The van der Waals surface area contributed by atoms with E-state index in [4.69, 9.17) is 0 Å². The SMILES string of the molecule is C=P1=P2=PC12. The first-order valence-corrected chi connectivity index (χ1v) is 6.87. The van der Waals surface area contributed by atoms with Crippen molar-refractivity contribution in [2.45, 2.75) is 5.14 Å². The van der Waals surface area contributed by atoms with Gasteiger partial charge in [-0.25, -0.2) is 0 Å². The molecule has 5 heavy (non-hydrogen) atoms. The molecule has 0 saturated carbocycles. The number of rotatable bonds is 0. The molecule has 2 heterocycles. The van der Waals surface area contributed by atoms with Gasteiger partial charge in [-0.1, -0.05) is 27.5 Å².